The first-order valence-electron chi connectivity index (χ1n) is 8.68. The molecule has 2 saturated carbocycles. The molecule has 4 aliphatic rings. The van der Waals surface area contributed by atoms with Gasteiger partial charge in [-0.25, -0.2) is 4.39 Å². The van der Waals surface area contributed by atoms with Gasteiger partial charge in [-0.15, -0.1) is 0 Å². The summed E-state index contributed by atoms with van der Waals surface area (Å²) in [6.45, 7) is 2.55. The summed E-state index contributed by atoms with van der Waals surface area (Å²) in [6, 6.07) is 6.88. The second-order valence-corrected chi connectivity index (χ2v) is 7.51. The molecule has 5 atom stereocenters. The van der Waals surface area contributed by atoms with Crippen LogP contribution in [0.1, 0.15) is 51.0 Å². The summed E-state index contributed by atoms with van der Waals surface area (Å²) in [7, 11) is 0. The maximum absolute atomic E-state index is 13.8. The molecule has 3 heteroatoms. The Hall–Kier alpha value is -0.930. The molecule has 5 rings (SSSR count). The average molecular weight is 304 g/mol. The maximum Gasteiger partial charge on any atom is 0.128 e. The number of hydrogen-bond donors (Lipinski definition) is 0. The van der Waals surface area contributed by atoms with Gasteiger partial charge in [-0.05, 0) is 50.5 Å². The summed E-state index contributed by atoms with van der Waals surface area (Å²) in [5.74, 6) is 1.28. The van der Waals surface area contributed by atoms with Crippen LogP contribution in [0.5, 0.6) is 0 Å². The number of rotatable bonds is 3. The molecule has 2 aliphatic heterocycles. The fourth-order valence-corrected chi connectivity index (χ4v) is 4.90. The van der Waals surface area contributed by atoms with Crippen molar-refractivity contribution in [2.45, 2.75) is 69.9 Å². The summed E-state index contributed by atoms with van der Waals surface area (Å²) in [6.07, 6.45) is 7.92. The van der Waals surface area contributed by atoms with E-state index in [1.54, 1.807) is 12.1 Å². The lowest BCUT2D eigenvalue weighted by Crippen LogP contribution is -2.60. The topological polar surface area (TPSA) is 18.5 Å². The zero-order valence-corrected chi connectivity index (χ0v) is 13.3. The third-order valence-corrected chi connectivity index (χ3v) is 6.05. The molecular formula is C19H25FO2. The van der Waals surface area contributed by atoms with Crippen molar-refractivity contribution in [1.29, 1.82) is 0 Å². The Balaban J connectivity index is 1.47. The lowest BCUT2D eigenvalue weighted by molar-refractivity contribution is -0.267. The van der Waals surface area contributed by atoms with E-state index in [0.717, 1.165) is 18.8 Å². The minimum Gasteiger partial charge on any atom is -0.370 e. The quantitative estimate of drug-likeness (QED) is 0.820. The number of halogens is 1. The van der Waals surface area contributed by atoms with E-state index in [9.17, 15) is 4.39 Å². The first kappa shape index (κ1) is 14.6. The lowest BCUT2D eigenvalue weighted by atomic mass is 9.65. The number of hydrogen-bond acceptors (Lipinski definition) is 2. The summed E-state index contributed by atoms with van der Waals surface area (Å²) >= 11 is 0. The first-order valence-corrected chi connectivity index (χ1v) is 8.68. The highest BCUT2D eigenvalue weighted by Crippen LogP contribution is 2.53. The number of benzene rings is 1. The molecule has 1 aromatic rings. The van der Waals surface area contributed by atoms with Crippen molar-refractivity contribution in [3.8, 4) is 0 Å². The molecule has 4 bridgehead atoms. The van der Waals surface area contributed by atoms with E-state index >= 15 is 0 Å². The molecule has 2 aliphatic carbocycles. The number of fused-ring (bicyclic) bond motifs is 1. The van der Waals surface area contributed by atoms with E-state index < -0.39 is 0 Å². The SMILES string of the molecule is C[C@@]12CC3CCCC[C@H](O1)[C@@H]3C[C@H]2OCc1ccccc1F. The van der Waals surface area contributed by atoms with Gasteiger partial charge in [0.15, 0.2) is 0 Å². The molecule has 2 heterocycles. The normalized spacial score (nSPS) is 40.5. The molecule has 120 valence electrons. The van der Waals surface area contributed by atoms with Gasteiger partial charge in [-0.2, -0.15) is 0 Å². The van der Waals surface area contributed by atoms with Crippen LogP contribution >= 0.6 is 0 Å². The van der Waals surface area contributed by atoms with Crippen LogP contribution in [-0.2, 0) is 16.1 Å². The largest absolute Gasteiger partial charge is 0.370 e. The van der Waals surface area contributed by atoms with Gasteiger partial charge in [0.05, 0.1) is 24.4 Å². The van der Waals surface area contributed by atoms with Gasteiger partial charge in [0.1, 0.15) is 5.82 Å². The van der Waals surface area contributed by atoms with Crippen molar-refractivity contribution >= 4 is 0 Å². The van der Waals surface area contributed by atoms with E-state index in [-0.39, 0.29) is 17.5 Å². The van der Waals surface area contributed by atoms with Gasteiger partial charge < -0.3 is 9.47 Å². The lowest BCUT2D eigenvalue weighted by Gasteiger charge is -2.56. The minimum absolute atomic E-state index is 0.0997. The summed E-state index contributed by atoms with van der Waals surface area (Å²) < 4.78 is 26.3. The standard InChI is InChI=1S/C19H25FO2/c1-19-11-13-6-3-5-9-17(22-19)15(13)10-18(19)21-12-14-7-2-4-8-16(14)20/h2,4,7-8,13,15,17-18H,3,5-6,9-12H2,1H3/t13?,15-,17+,18-,19+/m1/s1. The highest BCUT2D eigenvalue weighted by molar-refractivity contribution is 5.16. The zero-order chi connectivity index (χ0) is 15.2. The molecule has 0 spiro atoms. The highest BCUT2D eigenvalue weighted by atomic mass is 19.1. The van der Waals surface area contributed by atoms with Gasteiger partial charge in [0.25, 0.3) is 0 Å². The van der Waals surface area contributed by atoms with Crippen LogP contribution in [0.25, 0.3) is 0 Å². The van der Waals surface area contributed by atoms with Crippen LogP contribution in [0, 0.1) is 17.7 Å². The van der Waals surface area contributed by atoms with Gasteiger partial charge in [0, 0.05) is 5.56 Å². The third-order valence-electron chi connectivity index (χ3n) is 6.05. The van der Waals surface area contributed by atoms with E-state index in [2.05, 4.69) is 6.92 Å². The molecule has 0 N–H and O–H groups in total. The average Bonchev–Trinajstić information content (AvgIpc) is 2.64. The van der Waals surface area contributed by atoms with Crippen molar-refractivity contribution in [2.24, 2.45) is 11.8 Å². The molecule has 2 nitrogen and oxygen atoms in total. The molecule has 1 aromatic carbocycles. The van der Waals surface area contributed by atoms with Crippen LogP contribution in [0.15, 0.2) is 24.3 Å². The Morgan fingerprint density at radius 3 is 2.91 bits per heavy atom. The maximum atomic E-state index is 13.8. The Labute approximate surface area is 132 Å². The zero-order valence-electron chi connectivity index (χ0n) is 13.3. The van der Waals surface area contributed by atoms with Crippen LogP contribution in [-0.4, -0.2) is 17.8 Å². The van der Waals surface area contributed by atoms with Crippen LogP contribution < -0.4 is 0 Å². The van der Waals surface area contributed by atoms with Crippen molar-refractivity contribution in [3.05, 3.63) is 35.6 Å². The summed E-state index contributed by atoms with van der Waals surface area (Å²) in [5.41, 5.74) is 0.463. The molecule has 0 radical (unpaired) electrons. The Morgan fingerprint density at radius 2 is 2.09 bits per heavy atom. The molecule has 1 unspecified atom stereocenters. The highest BCUT2D eigenvalue weighted by Gasteiger charge is 2.55. The summed E-state index contributed by atoms with van der Waals surface area (Å²) in [5, 5.41) is 0. The van der Waals surface area contributed by atoms with Crippen LogP contribution in [0.3, 0.4) is 0 Å². The van der Waals surface area contributed by atoms with Crippen molar-refractivity contribution in [2.75, 3.05) is 0 Å². The van der Waals surface area contributed by atoms with Crippen molar-refractivity contribution in [1.82, 2.24) is 0 Å². The molecule has 4 fully saturated rings. The molecule has 0 aromatic heterocycles. The van der Waals surface area contributed by atoms with E-state index in [1.165, 1.54) is 31.7 Å². The minimum atomic E-state index is -0.181. The fraction of sp³-hybridized carbons (Fsp3) is 0.684. The van der Waals surface area contributed by atoms with Crippen LogP contribution in [0.2, 0.25) is 0 Å². The van der Waals surface area contributed by atoms with Gasteiger partial charge >= 0.3 is 0 Å². The number of ether oxygens (including phenoxy) is 2. The Kier molecular flexibility index (Phi) is 3.74. The predicted octanol–water partition coefficient (Wildman–Crippen LogP) is 4.47. The van der Waals surface area contributed by atoms with Crippen LogP contribution in [0.4, 0.5) is 4.39 Å². The van der Waals surface area contributed by atoms with Gasteiger partial charge in [-0.3, -0.25) is 0 Å². The predicted molar refractivity (Wildman–Crippen MR) is 82.9 cm³/mol. The Morgan fingerprint density at radius 1 is 1.27 bits per heavy atom. The fourth-order valence-electron chi connectivity index (χ4n) is 4.90. The molecule has 0 amide bonds. The molecular weight excluding hydrogens is 279 g/mol. The molecule has 22 heavy (non-hydrogen) atoms. The smallest absolute Gasteiger partial charge is 0.128 e. The van der Waals surface area contributed by atoms with E-state index in [4.69, 9.17) is 9.47 Å². The van der Waals surface area contributed by atoms with Crippen molar-refractivity contribution in [3.63, 3.8) is 0 Å². The van der Waals surface area contributed by atoms with E-state index in [1.807, 2.05) is 6.07 Å². The monoisotopic (exact) mass is 304 g/mol. The van der Waals surface area contributed by atoms with Gasteiger partial charge in [-0.1, -0.05) is 31.0 Å². The second-order valence-electron chi connectivity index (χ2n) is 7.51. The molecule has 2 saturated heterocycles. The van der Waals surface area contributed by atoms with Gasteiger partial charge in [0.2, 0.25) is 0 Å². The first-order chi connectivity index (χ1) is 10.7. The van der Waals surface area contributed by atoms with Crippen molar-refractivity contribution < 1.29 is 13.9 Å². The Bertz CT molecular complexity index is 528. The second kappa shape index (κ2) is 5.61. The third kappa shape index (κ3) is 2.48. The van der Waals surface area contributed by atoms with E-state index in [0.29, 0.717) is 24.2 Å². The summed E-state index contributed by atoms with van der Waals surface area (Å²) in [4.78, 5) is 0.